The van der Waals surface area contributed by atoms with Crippen LogP contribution in [-0.4, -0.2) is 64.3 Å². The summed E-state index contributed by atoms with van der Waals surface area (Å²) in [6, 6.07) is 21.2. The quantitative estimate of drug-likeness (QED) is 0.219. The number of nitrogens with two attached hydrogens (primary N) is 2. The molecule has 1 heterocycles. The summed E-state index contributed by atoms with van der Waals surface area (Å²) in [5, 5.41) is 15.3. The monoisotopic (exact) mass is 571 g/mol. The number of likely N-dealkylation sites (tertiary alicyclic amines) is 1. The molecule has 0 spiro atoms. The number of primary amides is 1. The van der Waals surface area contributed by atoms with E-state index in [-0.39, 0.29) is 30.9 Å². The van der Waals surface area contributed by atoms with Crippen LogP contribution in [0.3, 0.4) is 0 Å². The third kappa shape index (κ3) is 8.17. The highest BCUT2D eigenvalue weighted by molar-refractivity contribution is 5.95. The highest BCUT2D eigenvalue weighted by Crippen LogP contribution is 2.20. The minimum absolute atomic E-state index is 0.0793. The summed E-state index contributed by atoms with van der Waals surface area (Å²) < 4.78 is 0. The third-order valence-corrected chi connectivity index (χ3v) is 7.38. The van der Waals surface area contributed by atoms with Gasteiger partial charge in [-0.05, 0) is 48.1 Å². The normalized spacial score (nSPS) is 16.7. The molecule has 1 fully saturated rings. The average molecular weight is 572 g/mol. The topological polar surface area (TPSA) is 168 Å². The molecule has 3 aromatic rings. The lowest BCUT2D eigenvalue weighted by atomic mass is 10.0. The van der Waals surface area contributed by atoms with Gasteiger partial charge in [-0.25, -0.2) is 0 Å². The van der Waals surface area contributed by atoms with Gasteiger partial charge in [0.05, 0.1) is 6.04 Å². The smallest absolute Gasteiger partial charge is 0.243 e. The Morgan fingerprint density at radius 2 is 1.40 bits per heavy atom. The molecule has 7 N–H and O–H groups in total. The summed E-state index contributed by atoms with van der Waals surface area (Å²) in [4.78, 5) is 54.0. The average Bonchev–Trinajstić information content (AvgIpc) is 3.47. The molecule has 10 heteroatoms. The number of hydrogen-bond donors (Lipinski definition) is 5. The van der Waals surface area contributed by atoms with Crippen LogP contribution in [0.15, 0.2) is 84.9 Å². The molecule has 0 aliphatic carbocycles. The van der Waals surface area contributed by atoms with Gasteiger partial charge in [0.25, 0.3) is 0 Å². The van der Waals surface area contributed by atoms with Gasteiger partial charge in [-0.2, -0.15) is 0 Å². The van der Waals surface area contributed by atoms with E-state index in [1.165, 1.54) is 11.0 Å². The van der Waals surface area contributed by atoms with Crippen molar-refractivity contribution in [1.82, 2.24) is 15.5 Å². The Bertz CT molecular complexity index is 1380. The molecule has 4 atom stereocenters. The summed E-state index contributed by atoms with van der Waals surface area (Å²) in [5.41, 5.74) is 14.2. The predicted octanol–water partition coefficient (Wildman–Crippen LogP) is 1.19. The first kappa shape index (κ1) is 30.3. The van der Waals surface area contributed by atoms with Crippen molar-refractivity contribution in [3.05, 3.63) is 102 Å². The second-order valence-electron chi connectivity index (χ2n) is 10.6. The van der Waals surface area contributed by atoms with Crippen molar-refractivity contribution in [2.45, 2.75) is 56.3 Å². The Morgan fingerprint density at radius 3 is 2.00 bits per heavy atom. The first-order valence-electron chi connectivity index (χ1n) is 14.0. The fraction of sp³-hybridized carbons (Fsp3) is 0.312. The number of carbonyl (C=O) groups excluding carboxylic acids is 4. The van der Waals surface area contributed by atoms with Crippen LogP contribution < -0.4 is 22.1 Å². The lowest BCUT2D eigenvalue weighted by Crippen LogP contribution is -2.58. The van der Waals surface area contributed by atoms with Crippen LogP contribution in [0.1, 0.15) is 29.5 Å². The highest BCUT2D eigenvalue weighted by atomic mass is 16.3. The maximum Gasteiger partial charge on any atom is 0.243 e. The summed E-state index contributed by atoms with van der Waals surface area (Å²) in [6.45, 7) is 0.362. The number of benzene rings is 3. The minimum atomic E-state index is -1.02. The largest absolute Gasteiger partial charge is 0.508 e. The van der Waals surface area contributed by atoms with E-state index < -0.39 is 41.9 Å². The summed E-state index contributed by atoms with van der Waals surface area (Å²) in [6.07, 6.45) is 1.61. The van der Waals surface area contributed by atoms with Gasteiger partial charge < -0.3 is 32.1 Å². The van der Waals surface area contributed by atoms with Gasteiger partial charge in [0.2, 0.25) is 23.6 Å². The zero-order chi connectivity index (χ0) is 30.1. The molecule has 0 unspecified atom stereocenters. The van der Waals surface area contributed by atoms with Gasteiger partial charge in [0.1, 0.15) is 23.9 Å². The number of nitrogens with zero attached hydrogens (tertiary/aromatic N) is 1. The molecule has 1 aliphatic heterocycles. The van der Waals surface area contributed by atoms with Gasteiger partial charge in [-0.1, -0.05) is 72.8 Å². The van der Waals surface area contributed by atoms with E-state index in [1.807, 2.05) is 60.7 Å². The van der Waals surface area contributed by atoms with Crippen molar-refractivity contribution in [1.29, 1.82) is 0 Å². The fourth-order valence-corrected chi connectivity index (χ4v) is 5.21. The molecular formula is C32H37N5O5. The summed E-state index contributed by atoms with van der Waals surface area (Å²) >= 11 is 0. The Balaban J connectivity index is 1.47. The molecule has 1 aliphatic rings. The predicted molar refractivity (Wildman–Crippen MR) is 158 cm³/mol. The van der Waals surface area contributed by atoms with Crippen LogP contribution in [0.5, 0.6) is 5.75 Å². The van der Waals surface area contributed by atoms with Gasteiger partial charge in [0.15, 0.2) is 0 Å². The minimum Gasteiger partial charge on any atom is -0.508 e. The lowest BCUT2D eigenvalue weighted by molar-refractivity contribution is -0.140. The first-order valence-corrected chi connectivity index (χ1v) is 14.0. The van der Waals surface area contributed by atoms with Gasteiger partial charge in [-0.15, -0.1) is 0 Å². The van der Waals surface area contributed by atoms with E-state index in [0.29, 0.717) is 24.9 Å². The first-order chi connectivity index (χ1) is 20.2. The Morgan fingerprint density at radius 1 is 0.810 bits per heavy atom. The van der Waals surface area contributed by atoms with Crippen molar-refractivity contribution in [3.8, 4) is 5.75 Å². The fourth-order valence-electron chi connectivity index (χ4n) is 5.21. The molecular weight excluding hydrogens is 534 g/mol. The van der Waals surface area contributed by atoms with Crippen LogP contribution in [0, 0.1) is 0 Å². The van der Waals surface area contributed by atoms with Gasteiger partial charge >= 0.3 is 0 Å². The highest BCUT2D eigenvalue weighted by Gasteiger charge is 2.38. The van der Waals surface area contributed by atoms with Crippen molar-refractivity contribution in [2.75, 3.05) is 6.54 Å². The molecule has 0 radical (unpaired) electrons. The van der Waals surface area contributed by atoms with Crippen molar-refractivity contribution in [2.24, 2.45) is 11.5 Å². The molecule has 0 saturated carbocycles. The summed E-state index contributed by atoms with van der Waals surface area (Å²) in [7, 11) is 0. The molecule has 42 heavy (non-hydrogen) atoms. The zero-order valence-electron chi connectivity index (χ0n) is 23.3. The molecule has 220 valence electrons. The zero-order valence-corrected chi connectivity index (χ0v) is 23.3. The number of aromatic hydroxyl groups is 1. The number of hydrogen-bond acceptors (Lipinski definition) is 6. The van der Waals surface area contributed by atoms with Gasteiger partial charge in [0, 0.05) is 19.4 Å². The Kier molecular flexibility index (Phi) is 10.3. The number of amides is 4. The molecule has 0 aromatic heterocycles. The van der Waals surface area contributed by atoms with Crippen molar-refractivity contribution in [3.63, 3.8) is 0 Å². The van der Waals surface area contributed by atoms with E-state index in [4.69, 9.17) is 11.5 Å². The van der Waals surface area contributed by atoms with Crippen molar-refractivity contribution >= 4 is 23.6 Å². The summed E-state index contributed by atoms with van der Waals surface area (Å²) in [5.74, 6) is -2.01. The van der Waals surface area contributed by atoms with E-state index in [9.17, 15) is 24.3 Å². The van der Waals surface area contributed by atoms with Crippen molar-refractivity contribution < 1.29 is 24.3 Å². The Labute approximate surface area is 245 Å². The second kappa shape index (κ2) is 14.3. The molecule has 3 aromatic carbocycles. The van der Waals surface area contributed by atoms with Crippen LogP contribution in [0.2, 0.25) is 0 Å². The second-order valence-corrected chi connectivity index (χ2v) is 10.6. The third-order valence-electron chi connectivity index (χ3n) is 7.38. The number of nitrogens with one attached hydrogen (secondary N) is 2. The van der Waals surface area contributed by atoms with Crippen LogP contribution in [0.25, 0.3) is 0 Å². The molecule has 1 saturated heterocycles. The van der Waals surface area contributed by atoms with E-state index in [0.717, 1.165) is 11.1 Å². The Hall–Kier alpha value is -4.70. The molecule has 4 rings (SSSR count). The SMILES string of the molecule is NC(=O)[C@H](Cc1ccccc1)NC(=O)[C@H](Cc1ccccc1)NC(=O)[C@@H]1CCCN1C(=O)[C@@H](N)Cc1cccc(O)c1. The van der Waals surface area contributed by atoms with Crippen LogP contribution in [-0.2, 0) is 38.4 Å². The van der Waals surface area contributed by atoms with Crippen LogP contribution in [0.4, 0.5) is 0 Å². The number of rotatable bonds is 12. The number of phenols is 1. The number of phenolic OH excluding ortho intramolecular Hbond substituents is 1. The van der Waals surface area contributed by atoms with Gasteiger partial charge in [-0.3, -0.25) is 19.2 Å². The van der Waals surface area contributed by atoms with E-state index in [2.05, 4.69) is 10.6 Å². The lowest BCUT2D eigenvalue weighted by Gasteiger charge is -2.29. The maximum absolute atomic E-state index is 13.6. The van der Waals surface area contributed by atoms with E-state index >= 15 is 0 Å². The maximum atomic E-state index is 13.6. The number of carbonyl (C=O) groups is 4. The standard InChI is InChI=1S/C32H37N5O5/c33-25(18-23-13-7-14-24(38)17-23)32(42)37-16-8-15-28(37)31(41)36-27(20-22-11-5-2-6-12-22)30(40)35-26(29(34)39)19-21-9-3-1-4-10-21/h1-7,9-14,17,25-28,38H,8,15-16,18-20,33H2,(H2,34,39)(H,35,40)(H,36,41)/t25-,26-,27-,28-/m0/s1. The van der Waals surface area contributed by atoms with Crippen LogP contribution >= 0.6 is 0 Å². The molecule has 4 amide bonds. The van der Waals surface area contributed by atoms with E-state index in [1.54, 1.807) is 18.2 Å². The molecule has 10 nitrogen and oxygen atoms in total. The molecule has 0 bridgehead atoms.